The number of aromatic nitrogens is 1. The lowest BCUT2D eigenvalue weighted by atomic mass is 10.2. The number of carbonyl (C=O) groups is 1. The van der Waals surface area contributed by atoms with E-state index in [0.29, 0.717) is 12.2 Å². The van der Waals surface area contributed by atoms with Gasteiger partial charge in [0.15, 0.2) is 5.69 Å². The van der Waals surface area contributed by atoms with Crippen molar-refractivity contribution in [3.63, 3.8) is 0 Å². The molecule has 2 heterocycles. The van der Waals surface area contributed by atoms with E-state index >= 15 is 0 Å². The second kappa shape index (κ2) is 5.50. The number of hydrogen-bond acceptors (Lipinski definition) is 4. The predicted molar refractivity (Wildman–Crippen MR) is 68.0 cm³/mol. The molecule has 0 radical (unpaired) electrons. The lowest BCUT2D eigenvalue weighted by Gasteiger charge is -2.23. The Morgan fingerprint density at radius 3 is 2.94 bits per heavy atom. The van der Waals surface area contributed by atoms with Crippen LogP contribution in [0.15, 0.2) is 18.3 Å². The van der Waals surface area contributed by atoms with Gasteiger partial charge in [-0.2, -0.15) is 5.26 Å². The molecule has 1 fully saturated rings. The van der Waals surface area contributed by atoms with Crippen LogP contribution in [0, 0.1) is 11.3 Å². The van der Waals surface area contributed by atoms with E-state index < -0.39 is 0 Å². The van der Waals surface area contributed by atoms with Crippen LogP contribution in [0.1, 0.15) is 19.0 Å². The van der Waals surface area contributed by atoms with Crippen molar-refractivity contribution in [1.29, 1.82) is 5.26 Å². The van der Waals surface area contributed by atoms with E-state index in [-0.39, 0.29) is 5.91 Å². The normalized spacial score (nSPS) is 16.0. The molecule has 0 saturated carbocycles. The highest BCUT2D eigenvalue weighted by molar-refractivity contribution is 5.73. The van der Waals surface area contributed by atoms with Crippen LogP contribution in [0.4, 0.5) is 5.69 Å². The number of carbonyl (C=O) groups excluding carboxylic acids is 1. The molecular weight excluding hydrogens is 228 g/mol. The van der Waals surface area contributed by atoms with Gasteiger partial charge in [0.1, 0.15) is 6.07 Å². The highest BCUT2D eigenvalue weighted by Gasteiger charge is 2.18. The van der Waals surface area contributed by atoms with E-state index in [1.165, 1.54) is 0 Å². The third-order valence-corrected chi connectivity index (χ3v) is 3.17. The third kappa shape index (κ3) is 2.59. The minimum Gasteiger partial charge on any atom is -0.367 e. The Morgan fingerprint density at radius 1 is 1.39 bits per heavy atom. The van der Waals surface area contributed by atoms with Crippen molar-refractivity contribution in [2.75, 3.05) is 31.1 Å². The average molecular weight is 244 g/mol. The molecule has 1 amide bonds. The molecule has 1 aliphatic rings. The average Bonchev–Trinajstić information content (AvgIpc) is 2.64. The van der Waals surface area contributed by atoms with Crippen molar-refractivity contribution >= 4 is 11.6 Å². The molecule has 1 aromatic heterocycles. The van der Waals surface area contributed by atoms with E-state index in [9.17, 15) is 4.79 Å². The van der Waals surface area contributed by atoms with Gasteiger partial charge in [0, 0.05) is 39.3 Å². The fourth-order valence-electron chi connectivity index (χ4n) is 2.21. The van der Waals surface area contributed by atoms with Gasteiger partial charge in [-0.1, -0.05) is 0 Å². The van der Waals surface area contributed by atoms with E-state index in [2.05, 4.69) is 16.0 Å². The van der Waals surface area contributed by atoms with E-state index in [4.69, 9.17) is 5.26 Å². The van der Waals surface area contributed by atoms with Crippen LogP contribution in [0.2, 0.25) is 0 Å². The van der Waals surface area contributed by atoms with Crippen LogP contribution in [-0.2, 0) is 4.79 Å². The highest BCUT2D eigenvalue weighted by Crippen LogP contribution is 2.19. The van der Waals surface area contributed by atoms with E-state index in [1.54, 1.807) is 13.1 Å². The number of amides is 1. The fraction of sp³-hybridized carbons (Fsp3) is 0.462. The molecule has 1 aliphatic heterocycles. The maximum absolute atomic E-state index is 11.4. The van der Waals surface area contributed by atoms with Gasteiger partial charge in [-0.05, 0) is 18.6 Å². The van der Waals surface area contributed by atoms with Crippen LogP contribution in [0.3, 0.4) is 0 Å². The maximum Gasteiger partial charge on any atom is 0.219 e. The second-order valence-electron chi connectivity index (χ2n) is 4.33. The molecule has 1 saturated heterocycles. The topological polar surface area (TPSA) is 60.2 Å². The Balaban J connectivity index is 2.15. The molecule has 0 N–H and O–H groups in total. The molecule has 0 bridgehead atoms. The largest absolute Gasteiger partial charge is 0.367 e. The van der Waals surface area contributed by atoms with Gasteiger partial charge in [0.05, 0.1) is 5.69 Å². The molecule has 18 heavy (non-hydrogen) atoms. The molecule has 5 nitrogen and oxygen atoms in total. The monoisotopic (exact) mass is 244 g/mol. The molecule has 0 aliphatic carbocycles. The maximum atomic E-state index is 11.4. The Labute approximate surface area is 107 Å². The van der Waals surface area contributed by atoms with Crippen molar-refractivity contribution in [2.45, 2.75) is 13.3 Å². The van der Waals surface area contributed by atoms with Crippen molar-refractivity contribution in [1.82, 2.24) is 9.88 Å². The van der Waals surface area contributed by atoms with Crippen LogP contribution in [0.25, 0.3) is 0 Å². The SMILES string of the molecule is CC(=O)N1CCCN(c2cccnc2C#N)CC1. The van der Waals surface area contributed by atoms with Gasteiger partial charge in [0.25, 0.3) is 0 Å². The van der Waals surface area contributed by atoms with Crippen molar-refractivity contribution < 1.29 is 4.79 Å². The summed E-state index contributed by atoms with van der Waals surface area (Å²) in [6.07, 6.45) is 2.54. The van der Waals surface area contributed by atoms with E-state index in [1.807, 2.05) is 17.0 Å². The molecule has 0 atom stereocenters. The summed E-state index contributed by atoms with van der Waals surface area (Å²) >= 11 is 0. The van der Waals surface area contributed by atoms with Gasteiger partial charge in [-0.25, -0.2) is 4.98 Å². The standard InChI is InChI=1S/C13H16N4O/c1-11(18)16-6-3-7-17(9-8-16)13-4-2-5-15-12(13)10-14/h2,4-5H,3,6-9H2,1H3. The Kier molecular flexibility index (Phi) is 3.78. The number of pyridine rings is 1. The second-order valence-corrected chi connectivity index (χ2v) is 4.33. The van der Waals surface area contributed by atoms with Crippen LogP contribution < -0.4 is 4.90 Å². The number of nitriles is 1. The first-order valence-electron chi connectivity index (χ1n) is 6.08. The lowest BCUT2D eigenvalue weighted by molar-refractivity contribution is -0.128. The zero-order valence-corrected chi connectivity index (χ0v) is 10.5. The quantitative estimate of drug-likeness (QED) is 0.739. The predicted octanol–water partition coefficient (Wildman–Crippen LogP) is 1.01. The summed E-state index contributed by atoms with van der Waals surface area (Å²) in [6, 6.07) is 5.86. The summed E-state index contributed by atoms with van der Waals surface area (Å²) in [5.41, 5.74) is 1.32. The third-order valence-electron chi connectivity index (χ3n) is 3.17. The Morgan fingerprint density at radius 2 is 2.22 bits per heavy atom. The van der Waals surface area contributed by atoms with Crippen molar-refractivity contribution in [2.24, 2.45) is 0 Å². The van der Waals surface area contributed by atoms with Crippen molar-refractivity contribution in [3.05, 3.63) is 24.0 Å². The molecule has 1 aromatic rings. The Hall–Kier alpha value is -2.09. The van der Waals surface area contributed by atoms with Gasteiger partial charge in [0.2, 0.25) is 5.91 Å². The first kappa shape index (κ1) is 12.4. The van der Waals surface area contributed by atoms with Gasteiger partial charge >= 0.3 is 0 Å². The van der Waals surface area contributed by atoms with Crippen LogP contribution in [0.5, 0.6) is 0 Å². The van der Waals surface area contributed by atoms with Crippen LogP contribution >= 0.6 is 0 Å². The highest BCUT2D eigenvalue weighted by atomic mass is 16.2. The summed E-state index contributed by atoms with van der Waals surface area (Å²) in [5.74, 6) is 0.114. The smallest absolute Gasteiger partial charge is 0.219 e. The number of rotatable bonds is 1. The summed E-state index contributed by atoms with van der Waals surface area (Å²) in [5, 5.41) is 9.06. The fourth-order valence-corrected chi connectivity index (χ4v) is 2.21. The molecule has 2 rings (SSSR count). The minimum atomic E-state index is 0.114. The van der Waals surface area contributed by atoms with Crippen LogP contribution in [-0.4, -0.2) is 42.0 Å². The first-order chi connectivity index (χ1) is 8.72. The van der Waals surface area contributed by atoms with Gasteiger partial charge < -0.3 is 9.80 Å². The summed E-state index contributed by atoms with van der Waals surface area (Å²) in [4.78, 5) is 19.4. The molecule has 0 aromatic carbocycles. The number of anilines is 1. The summed E-state index contributed by atoms with van der Waals surface area (Å²) in [7, 11) is 0. The molecular formula is C13H16N4O. The lowest BCUT2D eigenvalue weighted by Crippen LogP contribution is -2.33. The number of hydrogen-bond donors (Lipinski definition) is 0. The van der Waals surface area contributed by atoms with Gasteiger partial charge in [-0.15, -0.1) is 0 Å². The zero-order chi connectivity index (χ0) is 13.0. The summed E-state index contributed by atoms with van der Waals surface area (Å²) < 4.78 is 0. The van der Waals surface area contributed by atoms with Gasteiger partial charge in [-0.3, -0.25) is 4.79 Å². The summed E-state index contributed by atoms with van der Waals surface area (Å²) in [6.45, 7) is 4.69. The molecule has 0 unspecified atom stereocenters. The Bertz CT molecular complexity index is 480. The molecule has 5 heteroatoms. The molecule has 94 valence electrons. The first-order valence-corrected chi connectivity index (χ1v) is 6.08. The number of nitrogens with zero attached hydrogens (tertiary/aromatic N) is 4. The zero-order valence-electron chi connectivity index (χ0n) is 10.5. The van der Waals surface area contributed by atoms with E-state index in [0.717, 1.165) is 31.7 Å². The van der Waals surface area contributed by atoms with Crippen molar-refractivity contribution in [3.8, 4) is 6.07 Å². The molecule has 0 spiro atoms. The minimum absolute atomic E-state index is 0.114.